The molecule has 1 aliphatic carbocycles. The third-order valence-electron chi connectivity index (χ3n) is 3.83. The Morgan fingerprint density at radius 1 is 1.00 bits per heavy atom. The summed E-state index contributed by atoms with van der Waals surface area (Å²) in [6.07, 6.45) is 8.32. The quantitative estimate of drug-likeness (QED) is 0.349. The fourth-order valence-electron chi connectivity index (χ4n) is 2.55. The lowest BCUT2D eigenvalue weighted by Crippen LogP contribution is -2.10. The van der Waals surface area contributed by atoms with Crippen LogP contribution in [0.15, 0.2) is 29.8 Å². The number of carbonyl (C=O) groups excluding carboxylic acids is 1. The minimum Gasteiger partial charge on any atom is -0.458 e. The van der Waals surface area contributed by atoms with Gasteiger partial charge in [0.05, 0.1) is 21.5 Å². The Balaban J connectivity index is 2.11. The fourth-order valence-corrected chi connectivity index (χ4v) is 2.55. The number of nitro benzene ring substituents is 2. The van der Waals surface area contributed by atoms with Crippen LogP contribution in [-0.4, -0.2) is 22.4 Å². The number of carbonyl (C=O) groups is 1. The van der Waals surface area contributed by atoms with E-state index in [1.54, 1.807) is 0 Å². The molecule has 24 heavy (non-hydrogen) atoms. The van der Waals surface area contributed by atoms with Crippen LogP contribution in [-0.2, 0) is 4.74 Å². The number of ether oxygens (including phenoxy) is 1. The largest absolute Gasteiger partial charge is 0.458 e. The zero-order valence-corrected chi connectivity index (χ0v) is 13.1. The molecule has 0 amide bonds. The van der Waals surface area contributed by atoms with Gasteiger partial charge in [0.1, 0.15) is 6.61 Å². The maximum Gasteiger partial charge on any atom is 0.338 e. The van der Waals surface area contributed by atoms with Crippen molar-refractivity contribution in [2.24, 2.45) is 0 Å². The van der Waals surface area contributed by atoms with Crippen LogP contribution in [0.4, 0.5) is 11.4 Å². The van der Waals surface area contributed by atoms with Gasteiger partial charge >= 0.3 is 5.97 Å². The Labute approximate surface area is 138 Å². The van der Waals surface area contributed by atoms with Gasteiger partial charge in [-0.25, -0.2) is 4.79 Å². The SMILES string of the molecule is O=C(OCC1=CCCCCCC1)c1cc([N+](=O)[O-])cc([N+](=O)[O-])c1. The molecule has 128 valence electrons. The van der Waals surface area contributed by atoms with Gasteiger partial charge in [-0.2, -0.15) is 0 Å². The predicted molar refractivity (Wildman–Crippen MR) is 85.8 cm³/mol. The van der Waals surface area contributed by atoms with E-state index in [0.717, 1.165) is 55.9 Å². The summed E-state index contributed by atoms with van der Waals surface area (Å²) in [5.41, 5.74) is -0.201. The average molecular weight is 334 g/mol. The highest BCUT2D eigenvalue weighted by molar-refractivity contribution is 5.91. The van der Waals surface area contributed by atoms with Crippen molar-refractivity contribution in [2.45, 2.75) is 38.5 Å². The van der Waals surface area contributed by atoms with E-state index in [0.29, 0.717) is 0 Å². The lowest BCUT2D eigenvalue weighted by Gasteiger charge is -2.12. The molecule has 0 N–H and O–H groups in total. The standard InChI is InChI=1S/C16H18N2O6/c19-16(24-11-12-6-4-2-1-3-5-7-12)13-8-14(17(20)21)10-15(9-13)18(22)23/h6,8-10H,1-5,7,11H2. The van der Waals surface area contributed by atoms with Gasteiger partial charge in [0.25, 0.3) is 11.4 Å². The second-order valence-electron chi connectivity index (χ2n) is 5.64. The number of hydrogen-bond acceptors (Lipinski definition) is 6. The normalized spacial score (nSPS) is 14.9. The van der Waals surface area contributed by atoms with Gasteiger partial charge in [-0.15, -0.1) is 0 Å². The molecule has 0 bridgehead atoms. The first-order chi connectivity index (χ1) is 11.5. The summed E-state index contributed by atoms with van der Waals surface area (Å²) < 4.78 is 5.18. The zero-order valence-electron chi connectivity index (χ0n) is 13.1. The van der Waals surface area contributed by atoms with Crippen LogP contribution in [0.3, 0.4) is 0 Å². The van der Waals surface area contributed by atoms with E-state index < -0.39 is 27.2 Å². The lowest BCUT2D eigenvalue weighted by molar-refractivity contribution is -0.394. The molecule has 0 fully saturated rings. The number of allylic oxidation sites excluding steroid dienone is 1. The molecule has 0 saturated heterocycles. The number of nitrogens with zero attached hydrogens (tertiary/aromatic N) is 2. The van der Waals surface area contributed by atoms with Crippen molar-refractivity contribution in [3.05, 3.63) is 55.6 Å². The summed E-state index contributed by atoms with van der Waals surface area (Å²) in [5.74, 6) is -0.801. The van der Waals surface area contributed by atoms with Gasteiger partial charge in [-0.1, -0.05) is 18.9 Å². The molecule has 0 heterocycles. The maximum atomic E-state index is 12.1. The summed E-state index contributed by atoms with van der Waals surface area (Å²) >= 11 is 0. The number of rotatable bonds is 5. The second-order valence-corrected chi connectivity index (χ2v) is 5.64. The van der Waals surface area contributed by atoms with Crippen LogP contribution in [0, 0.1) is 20.2 Å². The molecule has 8 heteroatoms. The Morgan fingerprint density at radius 2 is 1.62 bits per heavy atom. The summed E-state index contributed by atoms with van der Waals surface area (Å²) in [5, 5.41) is 21.7. The highest BCUT2D eigenvalue weighted by atomic mass is 16.6. The molecule has 0 atom stereocenters. The van der Waals surface area contributed by atoms with Gasteiger partial charge in [0, 0.05) is 12.1 Å². The van der Waals surface area contributed by atoms with Crippen molar-refractivity contribution in [1.29, 1.82) is 0 Å². The Bertz CT molecular complexity index is 651. The van der Waals surface area contributed by atoms with E-state index in [1.807, 2.05) is 0 Å². The molecule has 0 aromatic heterocycles. The first-order valence-corrected chi connectivity index (χ1v) is 7.76. The number of non-ortho nitro benzene ring substituents is 2. The molecular formula is C16H18N2O6. The fraction of sp³-hybridized carbons (Fsp3) is 0.438. The van der Waals surface area contributed by atoms with E-state index in [9.17, 15) is 25.0 Å². The van der Waals surface area contributed by atoms with Gasteiger partial charge in [-0.05, 0) is 31.3 Å². The highest BCUT2D eigenvalue weighted by Gasteiger charge is 2.21. The number of benzene rings is 1. The molecule has 0 aliphatic heterocycles. The molecule has 1 aromatic rings. The number of hydrogen-bond donors (Lipinski definition) is 0. The Morgan fingerprint density at radius 3 is 2.25 bits per heavy atom. The summed E-state index contributed by atoms with van der Waals surface area (Å²) in [4.78, 5) is 32.2. The van der Waals surface area contributed by atoms with E-state index >= 15 is 0 Å². The van der Waals surface area contributed by atoms with E-state index in [-0.39, 0.29) is 12.2 Å². The third-order valence-corrected chi connectivity index (χ3v) is 3.83. The van der Waals surface area contributed by atoms with Crippen molar-refractivity contribution in [3.8, 4) is 0 Å². The van der Waals surface area contributed by atoms with Crippen molar-refractivity contribution in [1.82, 2.24) is 0 Å². The topological polar surface area (TPSA) is 113 Å². The Kier molecular flexibility index (Phi) is 6.00. The van der Waals surface area contributed by atoms with Gasteiger partial charge < -0.3 is 4.74 Å². The third kappa shape index (κ3) is 4.87. The van der Waals surface area contributed by atoms with Crippen LogP contribution in [0.25, 0.3) is 0 Å². The van der Waals surface area contributed by atoms with Gasteiger partial charge in [0.15, 0.2) is 0 Å². The summed E-state index contributed by atoms with van der Waals surface area (Å²) in [7, 11) is 0. The molecule has 0 saturated carbocycles. The van der Waals surface area contributed by atoms with E-state index in [2.05, 4.69) is 6.08 Å². The van der Waals surface area contributed by atoms with Crippen LogP contribution in [0.2, 0.25) is 0 Å². The molecule has 1 aliphatic rings. The first-order valence-electron chi connectivity index (χ1n) is 7.76. The van der Waals surface area contributed by atoms with Gasteiger partial charge in [0.2, 0.25) is 0 Å². The molecule has 2 rings (SSSR count). The van der Waals surface area contributed by atoms with Crippen LogP contribution >= 0.6 is 0 Å². The summed E-state index contributed by atoms with van der Waals surface area (Å²) in [6, 6.07) is 2.79. The predicted octanol–water partition coefficient (Wildman–Crippen LogP) is 3.94. The first kappa shape index (κ1) is 17.6. The summed E-state index contributed by atoms with van der Waals surface area (Å²) in [6.45, 7) is 0.106. The molecule has 8 nitrogen and oxygen atoms in total. The highest BCUT2D eigenvalue weighted by Crippen LogP contribution is 2.24. The van der Waals surface area contributed by atoms with E-state index in [4.69, 9.17) is 4.74 Å². The monoisotopic (exact) mass is 334 g/mol. The molecule has 0 spiro atoms. The average Bonchev–Trinajstić information content (AvgIpc) is 2.53. The molecular weight excluding hydrogens is 316 g/mol. The Hall–Kier alpha value is -2.77. The lowest BCUT2D eigenvalue weighted by atomic mass is 10.0. The van der Waals surface area contributed by atoms with Gasteiger partial charge in [-0.3, -0.25) is 20.2 Å². The zero-order chi connectivity index (χ0) is 17.5. The van der Waals surface area contributed by atoms with Crippen LogP contribution < -0.4 is 0 Å². The molecule has 0 unspecified atom stereocenters. The van der Waals surface area contributed by atoms with Crippen molar-refractivity contribution >= 4 is 17.3 Å². The molecule has 0 radical (unpaired) electrons. The smallest absolute Gasteiger partial charge is 0.338 e. The minimum atomic E-state index is -0.801. The van der Waals surface area contributed by atoms with Crippen molar-refractivity contribution in [3.63, 3.8) is 0 Å². The van der Waals surface area contributed by atoms with Crippen LogP contribution in [0.1, 0.15) is 48.9 Å². The second kappa shape index (κ2) is 8.19. The number of nitro groups is 2. The van der Waals surface area contributed by atoms with E-state index in [1.165, 1.54) is 6.42 Å². The number of esters is 1. The van der Waals surface area contributed by atoms with Crippen LogP contribution in [0.5, 0.6) is 0 Å². The molecule has 1 aromatic carbocycles. The van der Waals surface area contributed by atoms with Crippen molar-refractivity contribution in [2.75, 3.05) is 6.61 Å². The minimum absolute atomic E-state index is 0.106. The van der Waals surface area contributed by atoms with Crippen molar-refractivity contribution < 1.29 is 19.4 Å². The maximum absolute atomic E-state index is 12.1.